The highest BCUT2D eigenvalue weighted by Gasteiger charge is 2.34. The Labute approximate surface area is 186 Å². The second kappa shape index (κ2) is 8.46. The van der Waals surface area contributed by atoms with Gasteiger partial charge in [-0.2, -0.15) is 0 Å². The molecule has 3 amide bonds. The molecule has 0 aliphatic carbocycles. The number of hydrogen-bond donors (Lipinski definition) is 1. The number of carbonyl (C=O) groups excluding carboxylic acids is 3. The number of nitro groups is 1. The van der Waals surface area contributed by atoms with Gasteiger partial charge in [0.2, 0.25) is 5.76 Å². The molecule has 2 aromatic heterocycles. The van der Waals surface area contributed by atoms with Crippen LogP contribution in [0.4, 0.5) is 10.5 Å². The van der Waals surface area contributed by atoms with E-state index in [9.17, 15) is 24.5 Å². The molecule has 1 fully saturated rings. The maximum atomic E-state index is 12.7. The van der Waals surface area contributed by atoms with Crippen LogP contribution in [0.3, 0.4) is 0 Å². The number of aryl methyl sites for hydroxylation is 1. The normalized spacial score (nSPS) is 14.6. The van der Waals surface area contributed by atoms with Crippen LogP contribution in [0.5, 0.6) is 0 Å². The number of imide groups is 1. The predicted molar refractivity (Wildman–Crippen MR) is 113 cm³/mol. The summed E-state index contributed by atoms with van der Waals surface area (Å²) in [5.41, 5.74) is 0.966. The minimum Gasteiger partial charge on any atom is -0.463 e. The number of ether oxygens (including phenoxy) is 1. The number of benzene rings is 1. The number of furan rings is 2. The van der Waals surface area contributed by atoms with E-state index in [1.165, 1.54) is 31.4 Å². The Kier molecular flexibility index (Phi) is 5.53. The first kappa shape index (κ1) is 21.6. The van der Waals surface area contributed by atoms with E-state index in [2.05, 4.69) is 10.1 Å². The van der Waals surface area contributed by atoms with Gasteiger partial charge in [0.15, 0.2) is 0 Å². The molecule has 0 radical (unpaired) electrons. The summed E-state index contributed by atoms with van der Waals surface area (Å²) in [6.45, 7) is 1.45. The summed E-state index contributed by atoms with van der Waals surface area (Å²) in [5, 5.41) is 13.6. The molecule has 3 heterocycles. The molecule has 0 unspecified atom stereocenters. The first-order chi connectivity index (χ1) is 15.8. The standard InChI is InChI=1S/C22H17N3O8/c1-12-3-4-13(9-17(12)25(29)30)18-7-5-14(32-18)10-16-20(26)24(22(28)23-16)11-15-6-8-19(33-15)21(27)31-2/h3-10H,11H2,1-2H3,(H,23,28). The average Bonchev–Trinajstić information content (AvgIpc) is 3.51. The third-order valence-corrected chi connectivity index (χ3v) is 4.93. The van der Waals surface area contributed by atoms with Crippen LogP contribution in [-0.2, 0) is 16.1 Å². The van der Waals surface area contributed by atoms with Gasteiger partial charge in [-0.05, 0) is 31.2 Å². The van der Waals surface area contributed by atoms with Gasteiger partial charge in [-0.25, -0.2) is 9.59 Å². The molecule has 33 heavy (non-hydrogen) atoms. The van der Waals surface area contributed by atoms with Crippen molar-refractivity contribution < 1.29 is 32.9 Å². The van der Waals surface area contributed by atoms with Gasteiger partial charge in [0.05, 0.1) is 18.6 Å². The highest BCUT2D eigenvalue weighted by Crippen LogP contribution is 2.29. The molecule has 168 valence electrons. The summed E-state index contributed by atoms with van der Waals surface area (Å²) in [4.78, 5) is 48.1. The fraction of sp³-hybridized carbons (Fsp3) is 0.136. The molecule has 1 aliphatic heterocycles. The lowest BCUT2D eigenvalue weighted by Gasteiger charge is -2.09. The van der Waals surface area contributed by atoms with E-state index in [1.54, 1.807) is 31.2 Å². The van der Waals surface area contributed by atoms with Crippen molar-refractivity contribution in [2.24, 2.45) is 0 Å². The van der Waals surface area contributed by atoms with Crippen LogP contribution in [0, 0.1) is 17.0 Å². The molecule has 0 bridgehead atoms. The monoisotopic (exact) mass is 451 g/mol. The highest BCUT2D eigenvalue weighted by molar-refractivity contribution is 6.13. The number of amides is 3. The van der Waals surface area contributed by atoms with Gasteiger partial charge < -0.3 is 18.9 Å². The molecule has 1 N–H and O–H groups in total. The van der Waals surface area contributed by atoms with E-state index in [4.69, 9.17) is 8.83 Å². The van der Waals surface area contributed by atoms with Crippen molar-refractivity contribution in [3.63, 3.8) is 0 Å². The minimum atomic E-state index is -0.674. The zero-order valence-electron chi connectivity index (χ0n) is 17.5. The lowest BCUT2D eigenvalue weighted by Crippen LogP contribution is -2.30. The zero-order valence-corrected chi connectivity index (χ0v) is 17.5. The molecule has 1 aromatic carbocycles. The number of nitro benzene ring substituents is 1. The van der Waals surface area contributed by atoms with E-state index >= 15 is 0 Å². The van der Waals surface area contributed by atoms with Crippen molar-refractivity contribution in [2.45, 2.75) is 13.5 Å². The number of nitrogens with one attached hydrogen (secondary N) is 1. The largest absolute Gasteiger partial charge is 0.463 e. The first-order valence-corrected chi connectivity index (χ1v) is 9.63. The second-order valence-electron chi connectivity index (χ2n) is 7.10. The third kappa shape index (κ3) is 4.24. The van der Waals surface area contributed by atoms with Crippen LogP contribution in [0.1, 0.15) is 27.6 Å². The highest BCUT2D eigenvalue weighted by atomic mass is 16.6. The topological polar surface area (TPSA) is 145 Å². The van der Waals surface area contributed by atoms with Gasteiger partial charge in [-0.1, -0.05) is 12.1 Å². The minimum absolute atomic E-state index is 0.0180. The second-order valence-corrected chi connectivity index (χ2v) is 7.10. The summed E-state index contributed by atoms with van der Waals surface area (Å²) >= 11 is 0. The van der Waals surface area contributed by atoms with Crippen molar-refractivity contribution in [1.29, 1.82) is 0 Å². The number of carbonyl (C=O) groups is 3. The Balaban J connectivity index is 1.52. The van der Waals surface area contributed by atoms with Crippen LogP contribution in [-0.4, -0.2) is 34.8 Å². The van der Waals surface area contributed by atoms with E-state index in [1.807, 2.05) is 0 Å². The van der Waals surface area contributed by atoms with Crippen LogP contribution in [0.25, 0.3) is 17.4 Å². The quantitative estimate of drug-likeness (QED) is 0.197. The first-order valence-electron chi connectivity index (χ1n) is 9.63. The fourth-order valence-corrected chi connectivity index (χ4v) is 3.23. The molecule has 1 aliphatic rings. The number of methoxy groups -OCH3 is 1. The van der Waals surface area contributed by atoms with Gasteiger partial charge in [-0.15, -0.1) is 0 Å². The SMILES string of the molecule is COC(=O)c1ccc(CN2C(=O)NC(=Cc3ccc(-c4ccc(C)c([N+](=O)[O-])c4)o3)C2=O)o1. The molecule has 1 saturated heterocycles. The van der Waals surface area contributed by atoms with Crippen LogP contribution >= 0.6 is 0 Å². The van der Waals surface area contributed by atoms with Crippen LogP contribution < -0.4 is 5.32 Å². The van der Waals surface area contributed by atoms with Gasteiger partial charge in [0.25, 0.3) is 11.6 Å². The lowest BCUT2D eigenvalue weighted by molar-refractivity contribution is -0.385. The number of hydrogen-bond acceptors (Lipinski definition) is 8. The van der Waals surface area contributed by atoms with Crippen molar-refractivity contribution in [3.8, 4) is 11.3 Å². The molecule has 11 nitrogen and oxygen atoms in total. The average molecular weight is 451 g/mol. The molecule has 0 atom stereocenters. The summed E-state index contributed by atoms with van der Waals surface area (Å²) < 4.78 is 15.6. The Morgan fingerprint density at radius 3 is 2.70 bits per heavy atom. The summed E-state index contributed by atoms with van der Waals surface area (Å²) in [6, 6.07) is 10.1. The van der Waals surface area contributed by atoms with E-state index < -0.39 is 22.8 Å². The van der Waals surface area contributed by atoms with Gasteiger partial charge >= 0.3 is 12.0 Å². The molecule has 0 saturated carbocycles. The number of nitrogens with zero attached hydrogens (tertiary/aromatic N) is 2. The van der Waals surface area contributed by atoms with Crippen molar-refractivity contribution >= 4 is 29.7 Å². The van der Waals surface area contributed by atoms with Crippen LogP contribution in [0.2, 0.25) is 0 Å². The van der Waals surface area contributed by atoms with Crippen LogP contribution in [0.15, 0.2) is 57.0 Å². The Morgan fingerprint density at radius 1 is 1.18 bits per heavy atom. The fourth-order valence-electron chi connectivity index (χ4n) is 3.23. The summed E-state index contributed by atoms with van der Waals surface area (Å²) in [5.74, 6) is -0.475. The number of urea groups is 1. The Hall–Kier alpha value is -4.67. The van der Waals surface area contributed by atoms with Crippen molar-refractivity contribution in [2.75, 3.05) is 7.11 Å². The Morgan fingerprint density at radius 2 is 1.97 bits per heavy atom. The molecule has 3 aromatic rings. The molecule has 4 rings (SSSR count). The van der Waals surface area contributed by atoms with E-state index in [0.29, 0.717) is 16.9 Å². The van der Waals surface area contributed by atoms with Gasteiger partial charge in [0, 0.05) is 23.3 Å². The maximum absolute atomic E-state index is 12.7. The summed E-state index contributed by atoms with van der Waals surface area (Å²) in [7, 11) is 1.21. The predicted octanol–water partition coefficient (Wildman–Crippen LogP) is 3.64. The lowest BCUT2D eigenvalue weighted by atomic mass is 10.1. The number of esters is 1. The van der Waals surface area contributed by atoms with E-state index in [-0.39, 0.29) is 35.2 Å². The Bertz CT molecular complexity index is 1320. The van der Waals surface area contributed by atoms with E-state index in [0.717, 1.165) is 4.90 Å². The van der Waals surface area contributed by atoms with Gasteiger partial charge in [0.1, 0.15) is 23.0 Å². The van der Waals surface area contributed by atoms with Crippen molar-refractivity contribution in [3.05, 3.63) is 81.1 Å². The third-order valence-electron chi connectivity index (χ3n) is 4.93. The van der Waals surface area contributed by atoms with Crippen molar-refractivity contribution in [1.82, 2.24) is 10.2 Å². The molecule has 11 heteroatoms. The molecular formula is C22H17N3O8. The van der Waals surface area contributed by atoms with Gasteiger partial charge in [-0.3, -0.25) is 19.8 Å². The summed E-state index contributed by atoms with van der Waals surface area (Å²) in [6.07, 6.45) is 1.36. The number of rotatable bonds is 6. The molecular weight excluding hydrogens is 434 g/mol. The maximum Gasteiger partial charge on any atom is 0.373 e. The smallest absolute Gasteiger partial charge is 0.373 e. The molecule has 0 spiro atoms. The zero-order chi connectivity index (χ0) is 23.7.